The molecule has 142 valence electrons. The lowest BCUT2D eigenvalue weighted by Gasteiger charge is -2.10. The Labute approximate surface area is 162 Å². The van der Waals surface area contributed by atoms with Crippen LogP contribution in [0.15, 0.2) is 53.4 Å². The number of amides is 3. The third-order valence-electron chi connectivity index (χ3n) is 3.58. The summed E-state index contributed by atoms with van der Waals surface area (Å²) in [6.45, 7) is -0.398. The van der Waals surface area contributed by atoms with E-state index >= 15 is 0 Å². The number of carbonyl (C=O) groups is 3. The second kappa shape index (κ2) is 8.35. The number of para-hydroxylation sites is 3. The van der Waals surface area contributed by atoms with Gasteiger partial charge in [0.25, 0.3) is 22.7 Å². The topological polar surface area (TPSA) is 128 Å². The van der Waals surface area contributed by atoms with Gasteiger partial charge in [-0.2, -0.15) is 0 Å². The molecule has 1 aliphatic rings. The van der Waals surface area contributed by atoms with Gasteiger partial charge in [0.2, 0.25) is 0 Å². The Balaban J connectivity index is 1.70. The molecule has 0 aromatic heterocycles. The van der Waals surface area contributed by atoms with Crippen LogP contribution in [0, 0.1) is 10.1 Å². The summed E-state index contributed by atoms with van der Waals surface area (Å²) in [6.07, 6.45) is 1.49. The molecule has 0 aliphatic carbocycles. The zero-order valence-electron chi connectivity index (χ0n) is 14.2. The number of nitro benzene ring substituents is 1. The molecular formula is C18H13N3O6S. The van der Waals surface area contributed by atoms with Crippen molar-refractivity contribution in [1.82, 2.24) is 5.32 Å². The standard InChI is InChI=1S/C18H13N3O6S/c22-16(19-12-6-2-3-7-13(12)21(25)26)10-27-14-8-4-1-5-11(14)9-15-17(23)20-18(24)28-15/h1-9H,10H2,(H,19,22)(H,20,23,24)/b15-9-. The molecule has 1 fully saturated rings. The van der Waals surface area contributed by atoms with Crippen LogP contribution in [-0.4, -0.2) is 28.6 Å². The summed E-state index contributed by atoms with van der Waals surface area (Å²) in [4.78, 5) is 45.7. The average Bonchev–Trinajstić information content (AvgIpc) is 2.98. The van der Waals surface area contributed by atoms with Crippen LogP contribution in [0.3, 0.4) is 0 Å². The fourth-order valence-corrected chi connectivity index (χ4v) is 3.03. The smallest absolute Gasteiger partial charge is 0.292 e. The second-order valence-corrected chi connectivity index (χ2v) is 6.52. The molecule has 0 unspecified atom stereocenters. The quantitative estimate of drug-likeness (QED) is 0.434. The zero-order valence-corrected chi connectivity index (χ0v) is 15.0. The first-order valence-electron chi connectivity index (χ1n) is 7.94. The highest BCUT2D eigenvalue weighted by Gasteiger charge is 2.25. The summed E-state index contributed by atoms with van der Waals surface area (Å²) < 4.78 is 5.49. The van der Waals surface area contributed by atoms with Crippen molar-refractivity contribution in [1.29, 1.82) is 0 Å². The molecule has 9 nitrogen and oxygen atoms in total. The monoisotopic (exact) mass is 399 g/mol. The van der Waals surface area contributed by atoms with E-state index in [9.17, 15) is 24.5 Å². The van der Waals surface area contributed by atoms with Crippen molar-refractivity contribution in [3.05, 3.63) is 69.1 Å². The molecule has 3 rings (SSSR count). The molecule has 0 saturated carbocycles. The van der Waals surface area contributed by atoms with Crippen LogP contribution in [0.25, 0.3) is 6.08 Å². The first-order chi connectivity index (χ1) is 13.4. The van der Waals surface area contributed by atoms with Gasteiger partial charge < -0.3 is 10.1 Å². The number of carbonyl (C=O) groups excluding carboxylic acids is 3. The summed E-state index contributed by atoms with van der Waals surface area (Å²) in [5.74, 6) is -0.765. The first-order valence-corrected chi connectivity index (χ1v) is 8.75. The number of ether oxygens (including phenoxy) is 1. The van der Waals surface area contributed by atoms with Gasteiger partial charge in [0.15, 0.2) is 6.61 Å². The summed E-state index contributed by atoms with van der Waals surface area (Å²) in [5, 5.41) is 15.1. The fourth-order valence-electron chi connectivity index (χ4n) is 2.36. The van der Waals surface area contributed by atoms with Gasteiger partial charge in [0.05, 0.1) is 9.83 Å². The Morgan fingerprint density at radius 3 is 2.61 bits per heavy atom. The Kier molecular flexibility index (Phi) is 5.70. The minimum atomic E-state index is -0.594. The maximum atomic E-state index is 12.1. The molecule has 2 aromatic carbocycles. The third-order valence-corrected chi connectivity index (χ3v) is 4.39. The van der Waals surface area contributed by atoms with Gasteiger partial charge in [-0.3, -0.25) is 29.8 Å². The van der Waals surface area contributed by atoms with Crippen LogP contribution in [0.5, 0.6) is 5.75 Å². The molecule has 1 heterocycles. The molecular weight excluding hydrogens is 386 g/mol. The van der Waals surface area contributed by atoms with Crippen LogP contribution >= 0.6 is 11.8 Å². The van der Waals surface area contributed by atoms with Gasteiger partial charge >= 0.3 is 0 Å². The highest BCUT2D eigenvalue weighted by molar-refractivity contribution is 8.18. The summed E-state index contributed by atoms with van der Waals surface area (Å²) in [6, 6.07) is 12.4. The van der Waals surface area contributed by atoms with Crippen LogP contribution < -0.4 is 15.4 Å². The highest BCUT2D eigenvalue weighted by atomic mass is 32.2. The van der Waals surface area contributed by atoms with E-state index in [0.29, 0.717) is 11.3 Å². The average molecular weight is 399 g/mol. The SMILES string of the molecule is O=C(COc1ccccc1/C=C1\SC(=O)NC1=O)Nc1ccccc1[N+](=O)[O-]. The molecule has 2 aromatic rings. The summed E-state index contributed by atoms with van der Waals surface area (Å²) >= 11 is 0.771. The number of nitro groups is 1. The molecule has 3 amide bonds. The predicted molar refractivity (Wildman–Crippen MR) is 103 cm³/mol. The van der Waals surface area contributed by atoms with E-state index in [0.717, 1.165) is 11.8 Å². The van der Waals surface area contributed by atoms with Crippen molar-refractivity contribution in [3.63, 3.8) is 0 Å². The molecule has 2 N–H and O–H groups in total. The molecule has 1 aliphatic heterocycles. The third kappa shape index (κ3) is 4.54. The van der Waals surface area contributed by atoms with Gasteiger partial charge in [-0.05, 0) is 30.0 Å². The minimum Gasteiger partial charge on any atom is -0.483 e. The van der Waals surface area contributed by atoms with Crippen molar-refractivity contribution in [2.45, 2.75) is 0 Å². The lowest BCUT2D eigenvalue weighted by molar-refractivity contribution is -0.383. The number of rotatable bonds is 6. The largest absolute Gasteiger partial charge is 0.483 e. The van der Waals surface area contributed by atoms with Crippen molar-refractivity contribution in [2.24, 2.45) is 0 Å². The number of nitrogens with one attached hydrogen (secondary N) is 2. The fraction of sp³-hybridized carbons (Fsp3) is 0.0556. The molecule has 0 bridgehead atoms. The lowest BCUT2D eigenvalue weighted by Crippen LogP contribution is -2.21. The van der Waals surface area contributed by atoms with E-state index in [2.05, 4.69) is 10.6 Å². The molecule has 0 radical (unpaired) electrons. The molecule has 0 spiro atoms. The first kappa shape index (κ1) is 19.1. The maximum absolute atomic E-state index is 12.1. The molecule has 1 saturated heterocycles. The van der Waals surface area contributed by atoms with E-state index < -0.39 is 28.6 Å². The van der Waals surface area contributed by atoms with Gasteiger partial charge in [-0.1, -0.05) is 30.3 Å². The van der Waals surface area contributed by atoms with Crippen molar-refractivity contribution < 1.29 is 24.0 Å². The number of hydrogen-bond acceptors (Lipinski definition) is 7. The number of hydrogen-bond donors (Lipinski definition) is 2. The Morgan fingerprint density at radius 1 is 1.18 bits per heavy atom. The Hall–Kier alpha value is -3.66. The van der Waals surface area contributed by atoms with E-state index in [4.69, 9.17) is 4.74 Å². The number of imide groups is 1. The minimum absolute atomic E-state index is 0.0639. The van der Waals surface area contributed by atoms with E-state index in [1.807, 2.05) is 0 Å². The van der Waals surface area contributed by atoms with Crippen LogP contribution in [0.4, 0.5) is 16.2 Å². The summed E-state index contributed by atoms with van der Waals surface area (Å²) in [5.41, 5.74) is 0.345. The number of nitrogens with zero attached hydrogens (tertiary/aromatic N) is 1. The number of benzene rings is 2. The van der Waals surface area contributed by atoms with Gasteiger partial charge in [0.1, 0.15) is 11.4 Å². The molecule has 0 atom stereocenters. The molecule has 10 heteroatoms. The van der Waals surface area contributed by atoms with Crippen molar-refractivity contribution in [3.8, 4) is 5.75 Å². The Bertz CT molecular complexity index is 1000. The van der Waals surface area contributed by atoms with Crippen LogP contribution in [0.2, 0.25) is 0 Å². The number of anilines is 1. The van der Waals surface area contributed by atoms with Crippen LogP contribution in [-0.2, 0) is 9.59 Å². The zero-order chi connectivity index (χ0) is 20.1. The van der Waals surface area contributed by atoms with E-state index in [1.165, 1.54) is 24.3 Å². The Morgan fingerprint density at radius 2 is 1.89 bits per heavy atom. The van der Waals surface area contributed by atoms with E-state index in [-0.39, 0.29) is 16.3 Å². The maximum Gasteiger partial charge on any atom is 0.292 e. The van der Waals surface area contributed by atoms with Gasteiger partial charge in [-0.25, -0.2) is 0 Å². The lowest BCUT2D eigenvalue weighted by atomic mass is 10.2. The highest BCUT2D eigenvalue weighted by Crippen LogP contribution is 2.29. The molecule has 28 heavy (non-hydrogen) atoms. The van der Waals surface area contributed by atoms with E-state index in [1.54, 1.807) is 30.3 Å². The normalized spacial score (nSPS) is 14.6. The van der Waals surface area contributed by atoms with Crippen molar-refractivity contribution >= 4 is 46.3 Å². The summed E-state index contributed by atoms with van der Waals surface area (Å²) in [7, 11) is 0. The number of thioether (sulfide) groups is 1. The predicted octanol–water partition coefficient (Wildman–Crippen LogP) is 2.94. The van der Waals surface area contributed by atoms with Gasteiger partial charge in [-0.15, -0.1) is 0 Å². The second-order valence-electron chi connectivity index (χ2n) is 5.50. The van der Waals surface area contributed by atoms with Crippen LogP contribution in [0.1, 0.15) is 5.56 Å². The van der Waals surface area contributed by atoms with Gasteiger partial charge in [0, 0.05) is 11.6 Å². The van der Waals surface area contributed by atoms with Crippen molar-refractivity contribution in [2.75, 3.05) is 11.9 Å².